The predicted octanol–water partition coefficient (Wildman–Crippen LogP) is 7.02. The van der Waals surface area contributed by atoms with Crippen LogP contribution in [0.1, 0.15) is 91.4 Å². The topological polar surface area (TPSA) is 54.6 Å². The number of carbonyl (C=O) groups is 1. The minimum atomic E-state index is -0.548. The number of H-pyrrole nitrogens is 1. The van der Waals surface area contributed by atoms with E-state index < -0.39 is 5.60 Å². The summed E-state index contributed by atoms with van der Waals surface area (Å²) in [4.78, 5) is 20.2. The Morgan fingerprint density at radius 1 is 0.973 bits per heavy atom. The standard InChI is InChI=1S/C32H38N2O3/c1-22-28(30(35)37-31(16-6-3-7-17-31)23-11-4-2-5-12-23)29-25-21-24-13-10-20-34-19-9-8-18-32(24,34)36-27(25)15-14-26(29)33-22/h2,4-5,11-12,14-15,24,33H,3,6-10,13,16-21H2,1H3. The first kappa shape index (κ1) is 23.3. The number of esters is 1. The Hall–Kier alpha value is -2.79. The van der Waals surface area contributed by atoms with Gasteiger partial charge in [-0.05, 0) is 82.4 Å². The Kier molecular flexibility index (Phi) is 5.62. The lowest BCUT2D eigenvalue weighted by Crippen LogP contribution is -2.64. The van der Waals surface area contributed by atoms with Gasteiger partial charge in [-0.25, -0.2) is 4.79 Å². The zero-order valence-corrected chi connectivity index (χ0v) is 22.0. The highest BCUT2D eigenvalue weighted by atomic mass is 16.6. The minimum Gasteiger partial charge on any atom is -0.472 e. The maximum atomic E-state index is 14.1. The van der Waals surface area contributed by atoms with Gasteiger partial charge in [-0.15, -0.1) is 0 Å². The SMILES string of the molecule is Cc1[nH]c2ccc3c(c2c1C(=O)OC1(c2ccccc2)CCCCC1)CC1CCCN2CCCCC12O3. The predicted molar refractivity (Wildman–Crippen MR) is 145 cm³/mol. The van der Waals surface area contributed by atoms with E-state index in [1.54, 1.807) is 0 Å². The fourth-order valence-corrected chi connectivity index (χ4v) is 8.01. The maximum Gasteiger partial charge on any atom is 0.341 e. The van der Waals surface area contributed by atoms with Crippen molar-refractivity contribution in [3.05, 3.63) is 64.8 Å². The summed E-state index contributed by atoms with van der Waals surface area (Å²) in [5, 5.41) is 1.02. The summed E-state index contributed by atoms with van der Waals surface area (Å²) in [6, 6.07) is 14.6. The number of hydrogen-bond donors (Lipinski definition) is 1. The van der Waals surface area contributed by atoms with Gasteiger partial charge in [0.15, 0.2) is 5.72 Å². The van der Waals surface area contributed by atoms with Gasteiger partial charge in [-0.2, -0.15) is 0 Å². The van der Waals surface area contributed by atoms with Crippen LogP contribution in [0.25, 0.3) is 10.9 Å². The average molecular weight is 499 g/mol. The van der Waals surface area contributed by atoms with Gasteiger partial charge in [-0.1, -0.05) is 36.8 Å². The normalized spacial score (nSPS) is 27.0. The van der Waals surface area contributed by atoms with Crippen LogP contribution in [0.4, 0.5) is 0 Å². The van der Waals surface area contributed by atoms with Crippen molar-refractivity contribution in [3.8, 4) is 5.75 Å². The zero-order valence-electron chi connectivity index (χ0n) is 22.0. The molecule has 1 aromatic heterocycles. The molecule has 2 unspecified atom stereocenters. The second-order valence-corrected chi connectivity index (χ2v) is 11.8. The molecule has 194 valence electrons. The Labute approximate surface area is 219 Å². The fraction of sp³-hybridized carbons (Fsp3) is 0.531. The highest BCUT2D eigenvalue weighted by Crippen LogP contribution is 2.50. The monoisotopic (exact) mass is 498 g/mol. The van der Waals surface area contributed by atoms with Crippen molar-refractivity contribution in [2.45, 2.75) is 88.9 Å². The van der Waals surface area contributed by atoms with Crippen LogP contribution >= 0.6 is 0 Å². The number of hydrogen-bond acceptors (Lipinski definition) is 4. The minimum absolute atomic E-state index is 0.164. The summed E-state index contributed by atoms with van der Waals surface area (Å²) < 4.78 is 13.6. The van der Waals surface area contributed by atoms with Crippen LogP contribution in [0.15, 0.2) is 42.5 Å². The smallest absolute Gasteiger partial charge is 0.341 e. The Balaban J connectivity index is 1.30. The lowest BCUT2D eigenvalue weighted by atomic mass is 9.74. The molecule has 5 heteroatoms. The van der Waals surface area contributed by atoms with Crippen LogP contribution in [0, 0.1) is 12.8 Å². The van der Waals surface area contributed by atoms with Crippen molar-refractivity contribution in [2.75, 3.05) is 13.1 Å². The van der Waals surface area contributed by atoms with Gasteiger partial charge < -0.3 is 14.5 Å². The first-order valence-corrected chi connectivity index (χ1v) is 14.5. The summed E-state index contributed by atoms with van der Waals surface area (Å²) in [6.45, 7) is 4.28. The Bertz CT molecular complexity index is 1320. The molecule has 4 aliphatic rings. The van der Waals surface area contributed by atoms with Crippen molar-refractivity contribution < 1.29 is 14.3 Å². The molecule has 1 N–H and O–H groups in total. The number of fused-ring (bicyclic) bond motifs is 3. The summed E-state index contributed by atoms with van der Waals surface area (Å²) in [6.07, 6.45) is 12.1. The molecular formula is C32H38N2O3. The van der Waals surface area contributed by atoms with Crippen LogP contribution in [-0.2, 0) is 16.8 Å². The molecule has 4 heterocycles. The summed E-state index contributed by atoms with van der Waals surface area (Å²) >= 11 is 0. The van der Waals surface area contributed by atoms with Crippen molar-refractivity contribution in [3.63, 3.8) is 0 Å². The molecule has 3 fully saturated rings. The van der Waals surface area contributed by atoms with Crippen LogP contribution in [-0.4, -0.2) is 34.7 Å². The molecule has 3 aliphatic heterocycles. The van der Waals surface area contributed by atoms with Crippen LogP contribution < -0.4 is 4.74 Å². The van der Waals surface area contributed by atoms with E-state index in [1.165, 1.54) is 37.7 Å². The van der Waals surface area contributed by atoms with Crippen molar-refractivity contribution in [2.24, 2.45) is 5.92 Å². The summed E-state index contributed by atoms with van der Waals surface area (Å²) in [5.41, 5.74) is 4.19. The van der Waals surface area contributed by atoms with Gasteiger partial charge in [-0.3, -0.25) is 4.90 Å². The molecule has 0 radical (unpaired) electrons. The number of nitrogens with zero attached hydrogens (tertiary/aromatic N) is 1. The second-order valence-electron chi connectivity index (χ2n) is 11.8. The number of rotatable bonds is 3. The highest BCUT2D eigenvalue weighted by molar-refractivity contribution is 6.07. The van der Waals surface area contributed by atoms with E-state index in [-0.39, 0.29) is 11.7 Å². The van der Waals surface area contributed by atoms with Crippen LogP contribution in [0.3, 0.4) is 0 Å². The van der Waals surface area contributed by atoms with Gasteiger partial charge in [0.1, 0.15) is 11.4 Å². The maximum absolute atomic E-state index is 14.1. The molecule has 0 amide bonds. The fourth-order valence-electron chi connectivity index (χ4n) is 8.01. The lowest BCUT2D eigenvalue weighted by Gasteiger charge is -2.56. The molecule has 5 nitrogen and oxygen atoms in total. The van der Waals surface area contributed by atoms with Gasteiger partial charge >= 0.3 is 5.97 Å². The number of aromatic amines is 1. The Morgan fingerprint density at radius 3 is 2.59 bits per heavy atom. The quantitative estimate of drug-likeness (QED) is 0.394. The molecule has 2 saturated heterocycles. The second kappa shape index (κ2) is 8.90. The molecule has 37 heavy (non-hydrogen) atoms. The van der Waals surface area contributed by atoms with Gasteiger partial charge in [0.25, 0.3) is 0 Å². The third kappa shape index (κ3) is 3.64. The Morgan fingerprint density at radius 2 is 1.76 bits per heavy atom. The number of nitrogens with one attached hydrogen (secondary N) is 1. The van der Waals surface area contributed by atoms with Crippen molar-refractivity contribution in [1.29, 1.82) is 0 Å². The number of benzene rings is 2. The van der Waals surface area contributed by atoms with Gasteiger partial charge in [0.2, 0.25) is 0 Å². The number of piperidine rings is 2. The van der Waals surface area contributed by atoms with E-state index in [2.05, 4.69) is 46.3 Å². The van der Waals surface area contributed by atoms with E-state index in [0.29, 0.717) is 11.5 Å². The molecule has 1 saturated carbocycles. The van der Waals surface area contributed by atoms with E-state index >= 15 is 0 Å². The molecule has 3 aromatic rings. The first-order chi connectivity index (χ1) is 18.1. The van der Waals surface area contributed by atoms with Crippen molar-refractivity contribution >= 4 is 16.9 Å². The summed E-state index contributed by atoms with van der Waals surface area (Å²) in [7, 11) is 0. The zero-order chi connectivity index (χ0) is 25.0. The van der Waals surface area contributed by atoms with E-state index in [1.807, 2.05) is 13.0 Å². The molecule has 1 aliphatic carbocycles. The molecule has 7 rings (SSSR count). The van der Waals surface area contributed by atoms with E-state index in [4.69, 9.17) is 9.47 Å². The van der Waals surface area contributed by atoms with Crippen molar-refractivity contribution in [1.82, 2.24) is 9.88 Å². The van der Waals surface area contributed by atoms with E-state index in [9.17, 15) is 4.79 Å². The number of ether oxygens (including phenoxy) is 2. The average Bonchev–Trinajstić information content (AvgIpc) is 3.28. The summed E-state index contributed by atoms with van der Waals surface area (Å²) in [5.74, 6) is 1.22. The molecule has 2 aromatic carbocycles. The molecule has 2 atom stereocenters. The van der Waals surface area contributed by atoms with Crippen LogP contribution in [0.5, 0.6) is 5.75 Å². The largest absolute Gasteiger partial charge is 0.472 e. The van der Waals surface area contributed by atoms with Gasteiger partial charge in [0, 0.05) is 47.6 Å². The molecule has 0 bridgehead atoms. The third-order valence-corrected chi connectivity index (χ3v) is 9.77. The molecular weight excluding hydrogens is 460 g/mol. The number of carbonyl (C=O) groups excluding carboxylic acids is 1. The third-order valence-electron chi connectivity index (χ3n) is 9.77. The highest BCUT2D eigenvalue weighted by Gasteiger charge is 2.52. The van der Waals surface area contributed by atoms with Gasteiger partial charge in [0.05, 0.1) is 5.56 Å². The van der Waals surface area contributed by atoms with E-state index in [0.717, 1.165) is 79.5 Å². The first-order valence-electron chi connectivity index (χ1n) is 14.5. The lowest BCUT2D eigenvalue weighted by molar-refractivity contribution is -0.177. The number of aromatic nitrogens is 1. The van der Waals surface area contributed by atoms with Crippen LogP contribution in [0.2, 0.25) is 0 Å². The molecule has 1 spiro atoms. The number of aryl methyl sites for hydroxylation is 1.